The molecular formula is C23H18ClN5O3. The Labute approximate surface area is 187 Å². The van der Waals surface area contributed by atoms with Gasteiger partial charge in [0.2, 0.25) is 5.69 Å². The molecule has 2 aromatic heterocycles. The summed E-state index contributed by atoms with van der Waals surface area (Å²) in [6, 6.07) is 12.5. The molecule has 8 nitrogen and oxygen atoms in total. The highest BCUT2D eigenvalue weighted by Crippen LogP contribution is 2.36. The fraction of sp³-hybridized carbons (Fsp3) is 0.174. The van der Waals surface area contributed by atoms with Crippen molar-refractivity contribution >= 4 is 22.5 Å². The number of H-pyrrole nitrogens is 1. The molecule has 160 valence electrons. The zero-order chi connectivity index (χ0) is 22.8. The van der Waals surface area contributed by atoms with Crippen LogP contribution in [0.1, 0.15) is 30.7 Å². The Balaban J connectivity index is 1.79. The van der Waals surface area contributed by atoms with Gasteiger partial charge >= 0.3 is 5.69 Å². The summed E-state index contributed by atoms with van der Waals surface area (Å²) in [7, 11) is 0. The number of hydrogen-bond donors (Lipinski definition) is 1. The van der Waals surface area contributed by atoms with Crippen LogP contribution < -0.4 is 16.0 Å². The number of hydrogen-bond acceptors (Lipinski definition) is 6. The second-order valence-corrected chi connectivity index (χ2v) is 7.41. The normalized spacial score (nSPS) is 10.8. The molecule has 0 unspecified atom stereocenters. The predicted molar refractivity (Wildman–Crippen MR) is 121 cm³/mol. The summed E-state index contributed by atoms with van der Waals surface area (Å²) in [6.07, 6.45) is 3.21. The topological polar surface area (TPSA) is 114 Å². The summed E-state index contributed by atoms with van der Waals surface area (Å²) < 4.78 is 7.08. The number of aryl methyl sites for hydroxylation is 2. The van der Waals surface area contributed by atoms with Crippen LogP contribution in [0.3, 0.4) is 0 Å². The van der Waals surface area contributed by atoms with E-state index in [2.05, 4.69) is 22.0 Å². The lowest BCUT2D eigenvalue weighted by Crippen LogP contribution is -2.33. The van der Waals surface area contributed by atoms with Gasteiger partial charge in [0.1, 0.15) is 17.6 Å². The fourth-order valence-electron chi connectivity index (χ4n) is 3.45. The average Bonchev–Trinajstić information content (AvgIpc) is 2.80. The first kappa shape index (κ1) is 21.3. The van der Waals surface area contributed by atoms with E-state index in [4.69, 9.17) is 21.6 Å². The number of nitrogens with one attached hydrogen (secondary N) is 1. The molecule has 0 saturated carbocycles. The van der Waals surface area contributed by atoms with Gasteiger partial charge < -0.3 is 4.74 Å². The van der Waals surface area contributed by atoms with Crippen molar-refractivity contribution in [3.8, 4) is 23.3 Å². The molecule has 0 aliphatic carbocycles. The summed E-state index contributed by atoms with van der Waals surface area (Å²) in [5.74, 6) is 1.06. The molecule has 32 heavy (non-hydrogen) atoms. The fourth-order valence-corrected chi connectivity index (χ4v) is 3.73. The standard InChI is InChI=1S/C23H18ClN5O3/c1-3-13-7-8-26-19-6-5-16(11-17(13)19)32-21-14(4-2)9-15(10-18(21)24)29-23(31)27-22(30)20(12-25)28-29/h5-11H,3-4H2,1-2H3,(H,27,30,31). The molecule has 0 aliphatic heterocycles. The van der Waals surface area contributed by atoms with Crippen molar-refractivity contribution in [2.75, 3.05) is 0 Å². The van der Waals surface area contributed by atoms with Crippen molar-refractivity contribution < 1.29 is 4.74 Å². The highest BCUT2D eigenvalue weighted by Gasteiger charge is 2.16. The molecule has 0 bridgehead atoms. The van der Waals surface area contributed by atoms with E-state index in [-0.39, 0.29) is 5.02 Å². The lowest BCUT2D eigenvalue weighted by Gasteiger charge is -2.15. The van der Waals surface area contributed by atoms with Gasteiger partial charge in [-0.2, -0.15) is 9.94 Å². The Morgan fingerprint density at radius 1 is 1.12 bits per heavy atom. The third-order valence-corrected chi connectivity index (χ3v) is 5.35. The van der Waals surface area contributed by atoms with Crippen LogP contribution in [0.2, 0.25) is 5.02 Å². The zero-order valence-corrected chi connectivity index (χ0v) is 18.1. The molecule has 0 aliphatic rings. The van der Waals surface area contributed by atoms with Crippen LogP contribution in [0.5, 0.6) is 11.5 Å². The van der Waals surface area contributed by atoms with E-state index in [0.29, 0.717) is 23.6 Å². The molecule has 2 heterocycles. The van der Waals surface area contributed by atoms with Crippen LogP contribution in [0, 0.1) is 11.3 Å². The van der Waals surface area contributed by atoms with Crippen molar-refractivity contribution in [3.63, 3.8) is 0 Å². The molecular weight excluding hydrogens is 430 g/mol. The van der Waals surface area contributed by atoms with E-state index >= 15 is 0 Å². The van der Waals surface area contributed by atoms with Crippen molar-refractivity contribution in [3.05, 3.63) is 85.3 Å². The average molecular weight is 448 g/mol. The summed E-state index contributed by atoms with van der Waals surface area (Å²) in [6.45, 7) is 4.00. The van der Waals surface area contributed by atoms with Gasteiger partial charge in [-0.3, -0.25) is 14.8 Å². The Bertz CT molecular complexity index is 1500. The van der Waals surface area contributed by atoms with Crippen LogP contribution in [0.15, 0.2) is 52.2 Å². The molecule has 0 fully saturated rings. The lowest BCUT2D eigenvalue weighted by molar-refractivity contribution is 0.477. The first-order chi connectivity index (χ1) is 15.4. The SMILES string of the molecule is CCc1cc(-n2nc(C#N)c(=O)[nH]c2=O)cc(Cl)c1Oc1ccc2nccc(CC)c2c1. The second-order valence-electron chi connectivity index (χ2n) is 7.01. The van der Waals surface area contributed by atoms with E-state index in [0.717, 1.165) is 33.1 Å². The smallest absolute Gasteiger partial charge is 0.349 e. The number of aromatic amines is 1. The molecule has 1 N–H and O–H groups in total. The summed E-state index contributed by atoms with van der Waals surface area (Å²) in [5, 5.41) is 14.2. The number of ether oxygens (including phenoxy) is 1. The number of pyridine rings is 1. The van der Waals surface area contributed by atoms with Crippen molar-refractivity contribution in [1.29, 1.82) is 5.26 Å². The maximum atomic E-state index is 12.2. The molecule has 0 atom stereocenters. The Kier molecular flexibility index (Phi) is 5.75. The first-order valence-corrected chi connectivity index (χ1v) is 10.3. The van der Waals surface area contributed by atoms with Crippen LogP contribution in [0.4, 0.5) is 0 Å². The van der Waals surface area contributed by atoms with Gasteiger partial charge in [0.15, 0.2) is 0 Å². The third-order valence-electron chi connectivity index (χ3n) is 5.07. The number of halogens is 1. The largest absolute Gasteiger partial charge is 0.455 e. The molecule has 2 aromatic carbocycles. The molecule has 0 spiro atoms. The molecule has 0 amide bonds. The highest BCUT2D eigenvalue weighted by atomic mass is 35.5. The Morgan fingerprint density at radius 2 is 1.91 bits per heavy atom. The predicted octanol–water partition coefficient (Wildman–Crippen LogP) is 3.91. The van der Waals surface area contributed by atoms with Gasteiger partial charge in [0.05, 0.1) is 16.2 Å². The maximum Gasteiger partial charge on any atom is 0.349 e. The third kappa shape index (κ3) is 3.86. The number of fused-ring (bicyclic) bond motifs is 1. The monoisotopic (exact) mass is 447 g/mol. The van der Waals surface area contributed by atoms with Gasteiger partial charge in [-0.05, 0) is 60.4 Å². The van der Waals surface area contributed by atoms with Gasteiger partial charge in [0, 0.05) is 11.6 Å². The van der Waals surface area contributed by atoms with E-state index in [9.17, 15) is 9.59 Å². The van der Waals surface area contributed by atoms with E-state index < -0.39 is 16.9 Å². The zero-order valence-electron chi connectivity index (χ0n) is 17.3. The Hall–Kier alpha value is -3.96. The Morgan fingerprint density at radius 3 is 2.62 bits per heavy atom. The summed E-state index contributed by atoms with van der Waals surface area (Å²) in [5.41, 5.74) is 1.05. The van der Waals surface area contributed by atoms with Crippen LogP contribution in [0.25, 0.3) is 16.6 Å². The second kappa shape index (κ2) is 8.65. The van der Waals surface area contributed by atoms with Gasteiger partial charge in [-0.25, -0.2) is 4.79 Å². The number of aromatic nitrogens is 4. The van der Waals surface area contributed by atoms with Crippen molar-refractivity contribution in [2.24, 2.45) is 0 Å². The number of nitrogens with zero attached hydrogens (tertiary/aromatic N) is 4. The van der Waals surface area contributed by atoms with Gasteiger partial charge in [0.25, 0.3) is 5.56 Å². The molecule has 4 rings (SSSR count). The molecule has 4 aromatic rings. The van der Waals surface area contributed by atoms with E-state index in [1.165, 1.54) is 6.07 Å². The number of benzene rings is 2. The van der Waals surface area contributed by atoms with Crippen LogP contribution in [-0.4, -0.2) is 19.7 Å². The number of rotatable bonds is 5. The lowest BCUT2D eigenvalue weighted by atomic mass is 10.1. The van der Waals surface area contributed by atoms with E-state index in [1.54, 1.807) is 18.3 Å². The van der Waals surface area contributed by atoms with E-state index in [1.807, 2.05) is 31.2 Å². The maximum absolute atomic E-state index is 12.2. The molecule has 9 heteroatoms. The minimum Gasteiger partial charge on any atom is -0.455 e. The van der Waals surface area contributed by atoms with Crippen molar-refractivity contribution in [1.82, 2.24) is 19.7 Å². The summed E-state index contributed by atoms with van der Waals surface area (Å²) in [4.78, 5) is 30.3. The minimum absolute atomic E-state index is 0.264. The molecule has 0 radical (unpaired) electrons. The minimum atomic E-state index is -0.840. The quantitative estimate of drug-likeness (QED) is 0.496. The van der Waals surface area contributed by atoms with Gasteiger partial charge in [-0.15, -0.1) is 5.10 Å². The summed E-state index contributed by atoms with van der Waals surface area (Å²) >= 11 is 6.53. The van der Waals surface area contributed by atoms with Crippen LogP contribution in [-0.2, 0) is 12.8 Å². The first-order valence-electron chi connectivity index (χ1n) is 9.97. The van der Waals surface area contributed by atoms with Crippen LogP contribution >= 0.6 is 11.6 Å². The van der Waals surface area contributed by atoms with Gasteiger partial charge in [-0.1, -0.05) is 25.4 Å². The highest BCUT2D eigenvalue weighted by molar-refractivity contribution is 6.32. The molecule has 0 saturated heterocycles. The number of nitriles is 1. The van der Waals surface area contributed by atoms with Crippen molar-refractivity contribution in [2.45, 2.75) is 26.7 Å².